The van der Waals surface area contributed by atoms with E-state index in [1.165, 1.54) is 37.0 Å². The minimum absolute atomic E-state index is 0.183. The molecule has 6 aromatic rings. The zero-order valence-corrected chi connectivity index (χ0v) is 29.3. The van der Waals surface area contributed by atoms with E-state index < -0.39 is 0 Å². The fourth-order valence-corrected chi connectivity index (χ4v) is 6.60. The number of halogens is 1. The van der Waals surface area contributed by atoms with Crippen LogP contribution in [-0.2, 0) is 19.8 Å². The lowest BCUT2D eigenvalue weighted by atomic mass is 9.94. The average molecular weight is 696 g/mol. The third kappa shape index (κ3) is 8.24. The van der Waals surface area contributed by atoms with Crippen molar-refractivity contribution in [2.45, 2.75) is 45.9 Å². The topological polar surface area (TPSA) is 76.8 Å². The third-order valence-corrected chi connectivity index (χ3v) is 9.30. The summed E-state index contributed by atoms with van der Waals surface area (Å²) in [5.41, 5.74) is 6.74. The second-order valence-corrected chi connectivity index (χ2v) is 13.0. The monoisotopic (exact) mass is 695 g/mol. The smallest absolute Gasteiger partial charge is 0.274 e. The zero-order valence-electron chi connectivity index (χ0n) is 29.3. The van der Waals surface area contributed by atoms with Crippen LogP contribution in [0.2, 0.25) is 0 Å². The van der Waals surface area contributed by atoms with Gasteiger partial charge in [-0.05, 0) is 78.9 Å². The van der Waals surface area contributed by atoms with Crippen molar-refractivity contribution in [2.75, 3.05) is 19.6 Å². The number of likely N-dealkylation sites (tertiary alicyclic amines) is 1. The van der Waals surface area contributed by atoms with Crippen molar-refractivity contribution in [3.05, 3.63) is 150 Å². The molecule has 1 aliphatic heterocycles. The normalized spacial score (nSPS) is 13.1. The number of benzene rings is 5. The minimum Gasteiger partial charge on any atom is -0.488 e. The summed E-state index contributed by atoms with van der Waals surface area (Å²) in [4.78, 5) is 16.0. The van der Waals surface area contributed by atoms with E-state index in [1.807, 2.05) is 91.9 Å². The molecule has 2 heterocycles. The molecule has 264 valence electrons. The van der Waals surface area contributed by atoms with Gasteiger partial charge in [-0.2, -0.15) is 0 Å². The number of nitrogens with zero attached hydrogens (tertiary/aromatic N) is 2. The molecule has 0 saturated carbocycles. The van der Waals surface area contributed by atoms with E-state index >= 15 is 0 Å². The second-order valence-electron chi connectivity index (χ2n) is 13.0. The van der Waals surface area contributed by atoms with Crippen LogP contribution in [0.25, 0.3) is 33.6 Å². The number of carbonyl (C=O) groups is 1. The molecule has 0 atom stereocenters. The van der Waals surface area contributed by atoms with Gasteiger partial charge < -0.3 is 19.3 Å². The van der Waals surface area contributed by atoms with Gasteiger partial charge in [0, 0.05) is 24.7 Å². The fraction of sp³-hybridized carbons (Fsp3) is 0.227. The third-order valence-electron chi connectivity index (χ3n) is 9.30. The van der Waals surface area contributed by atoms with Crippen molar-refractivity contribution in [1.29, 1.82) is 0 Å². The quantitative estimate of drug-likeness (QED) is 0.130. The van der Waals surface area contributed by atoms with Crippen molar-refractivity contribution in [3.63, 3.8) is 0 Å². The molecule has 5 aromatic carbocycles. The van der Waals surface area contributed by atoms with Crippen LogP contribution in [0.5, 0.6) is 11.5 Å². The Morgan fingerprint density at radius 2 is 1.33 bits per heavy atom. The van der Waals surface area contributed by atoms with E-state index in [1.54, 1.807) is 12.1 Å². The van der Waals surface area contributed by atoms with E-state index in [2.05, 4.69) is 27.5 Å². The van der Waals surface area contributed by atoms with E-state index in [9.17, 15) is 9.18 Å². The Balaban J connectivity index is 1.36. The molecule has 1 saturated heterocycles. The molecular weight excluding hydrogens is 653 g/mol. The molecule has 0 bridgehead atoms. The Hall–Kier alpha value is -5.73. The maximum Gasteiger partial charge on any atom is 0.274 e. The Kier molecular flexibility index (Phi) is 11.0. The highest BCUT2D eigenvalue weighted by Crippen LogP contribution is 2.45. The van der Waals surface area contributed by atoms with Gasteiger partial charge >= 0.3 is 0 Å². The summed E-state index contributed by atoms with van der Waals surface area (Å²) in [6.45, 7) is 5.97. The van der Waals surface area contributed by atoms with Crippen molar-refractivity contribution in [1.82, 2.24) is 15.4 Å². The Labute approximate surface area is 304 Å². The Bertz CT molecular complexity index is 2080. The van der Waals surface area contributed by atoms with Gasteiger partial charge in [-0.25, -0.2) is 4.39 Å². The van der Waals surface area contributed by atoms with Crippen molar-refractivity contribution in [3.8, 4) is 45.1 Å². The maximum atomic E-state index is 14.2. The zero-order chi connectivity index (χ0) is 35.7. The molecule has 0 spiro atoms. The number of nitrogens with one attached hydrogen (secondary N) is 1. The Morgan fingerprint density at radius 1 is 0.731 bits per heavy atom. The fourth-order valence-electron chi connectivity index (χ4n) is 6.60. The first-order valence-electron chi connectivity index (χ1n) is 17.9. The van der Waals surface area contributed by atoms with Crippen LogP contribution in [0.3, 0.4) is 0 Å². The van der Waals surface area contributed by atoms with Gasteiger partial charge in [0.15, 0.2) is 11.5 Å². The van der Waals surface area contributed by atoms with Crippen LogP contribution >= 0.6 is 0 Å². The van der Waals surface area contributed by atoms with Crippen LogP contribution in [-0.4, -0.2) is 35.6 Å². The summed E-state index contributed by atoms with van der Waals surface area (Å²) in [6, 6.07) is 38.1. The molecule has 7 rings (SSSR count). The minimum atomic E-state index is -0.341. The van der Waals surface area contributed by atoms with Gasteiger partial charge in [0.05, 0.1) is 11.1 Å². The number of hydrogen-bond donors (Lipinski definition) is 1. The molecule has 0 aliphatic carbocycles. The molecule has 1 aliphatic rings. The highest BCUT2D eigenvalue weighted by molar-refractivity contribution is 6.03. The summed E-state index contributed by atoms with van der Waals surface area (Å²) in [5.74, 6) is 0.740. The van der Waals surface area contributed by atoms with Crippen molar-refractivity contribution >= 4 is 5.91 Å². The number of amides is 1. The molecule has 52 heavy (non-hydrogen) atoms. The van der Waals surface area contributed by atoms with Gasteiger partial charge in [0.1, 0.15) is 30.5 Å². The average Bonchev–Trinajstić information content (AvgIpc) is 3.63. The second kappa shape index (κ2) is 16.5. The Morgan fingerprint density at radius 3 is 1.94 bits per heavy atom. The summed E-state index contributed by atoms with van der Waals surface area (Å²) < 4.78 is 33.3. The van der Waals surface area contributed by atoms with Gasteiger partial charge in [-0.3, -0.25) is 9.69 Å². The van der Waals surface area contributed by atoms with Crippen molar-refractivity contribution in [2.24, 2.45) is 0 Å². The molecule has 1 N–H and O–H groups in total. The molecule has 1 amide bonds. The molecule has 7 nitrogen and oxygen atoms in total. The van der Waals surface area contributed by atoms with Gasteiger partial charge in [0.2, 0.25) is 0 Å². The predicted octanol–water partition coefficient (Wildman–Crippen LogP) is 9.71. The summed E-state index contributed by atoms with van der Waals surface area (Å²) in [5, 5.41) is 7.24. The van der Waals surface area contributed by atoms with Gasteiger partial charge in [0.25, 0.3) is 5.91 Å². The van der Waals surface area contributed by atoms with E-state index in [0.29, 0.717) is 47.1 Å². The van der Waals surface area contributed by atoms with E-state index in [4.69, 9.17) is 14.0 Å². The SMILES string of the molecule is CCNC(=O)c1noc(-c2cc(-c3ccc(F)cc3)c(OCc3ccccc3)cc2OCc2ccccc2)c1-c1ccc(CN2CCCCC2)cc1. The van der Waals surface area contributed by atoms with Crippen LogP contribution in [0.1, 0.15) is 53.4 Å². The molecule has 1 fully saturated rings. The van der Waals surface area contributed by atoms with Crippen LogP contribution in [0, 0.1) is 5.82 Å². The lowest BCUT2D eigenvalue weighted by Gasteiger charge is -2.26. The number of piperidine rings is 1. The van der Waals surface area contributed by atoms with Gasteiger partial charge in [-0.1, -0.05) is 109 Å². The van der Waals surface area contributed by atoms with Crippen LogP contribution < -0.4 is 14.8 Å². The number of ether oxygens (including phenoxy) is 2. The number of aromatic nitrogens is 1. The molecule has 8 heteroatoms. The molecule has 0 unspecified atom stereocenters. The standard InChI is InChI=1S/C44H42FN3O4/c1-2-46-44(49)42-41(35-18-16-31(17-19-35)28-48-24-10-5-11-25-48)43(52-47-42)38-26-37(34-20-22-36(45)23-21-34)39(50-29-32-12-6-3-7-13-32)27-40(38)51-30-33-14-8-4-9-15-33/h3-4,6-9,12-23,26-27H,2,5,10-11,24-25,28-30H2,1H3,(H,46,49). The van der Waals surface area contributed by atoms with Crippen LogP contribution in [0.4, 0.5) is 4.39 Å². The van der Waals surface area contributed by atoms with Crippen LogP contribution in [0.15, 0.2) is 126 Å². The largest absolute Gasteiger partial charge is 0.488 e. The van der Waals surface area contributed by atoms with Crippen molar-refractivity contribution < 1.29 is 23.2 Å². The maximum absolute atomic E-state index is 14.2. The highest BCUT2D eigenvalue weighted by Gasteiger charge is 2.28. The summed E-state index contributed by atoms with van der Waals surface area (Å²) in [7, 11) is 0. The first-order valence-corrected chi connectivity index (χ1v) is 17.9. The van der Waals surface area contributed by atoms with E-state index in [-0.39, 0.29) is 24.0 Å². The number of hydrogen-bond acceptors (Lipinski definition) is 6. The number of carbonyl (C=O) groups excluding carboxylic acids is 1. The first-order chi connectivity index (χ1) is 25.6. The molecular formula is C44H42FN3O4. The van der Waals surface area contributed by atoms with E-state index in [0.717, 1.165) is 41.9 Å². The molecule has 0 radical (unpaired) electrons. The summed E-state index contributed by atoms with van der Waals surface area (Å²) in [6.07, 6.45) is 3.74. The first kappa shape index (κ1) is 34.7. The predicted molar refractivity (Wildman–Crippen MR) is 201 cm³/mol. The lowest BCUT2D eigenvalue weighted by Crippen LogP contribution is -2.29. The summed E-state index contributed by atoms with van der Waals surface area (Å²) >= 11 is 0. The number of rotatable bonds is 13. The van der Waals surface area contributed by atoms with Gasteiger partial charge in [-0.15, -0.1) is 0 Å². The lowest BCUT2D eigenvalue weighted by molar-refractivity contribution is 0.0947. The highest BCUT2D eigenvalue weighted by atomic mass is 19.1. The molecule has 1 aromatic heterocycles.